The number of ether oxygens (including phenoxy) is 3. The number of hydrogen-bond acceptors (Lipinski definition) is 10. The molecule has 0 unspecified atom stereocenters. The molecule has 1 N–H and O–H groups in total. The number of nitrogens with one attached hydrogen (secondary N) is 1. The molecule has 11 nitrogen and oxygen atoms in total. The van der Waals surface area contributed by atoms with E-state index in [2.05, 4.69) is 20.3 Å². The summed E-state index contributed by atoms with van der Waals surface area (Å²) in [5.41, 5.74) is 0.601. The van der Waals surface area contributed by atoms with Gasteiger partial charge in [0.2, 0.25) is 0 Å². The number of benzene rings is 2. The topological polar surface area (TPSA) is 142 Å². The van der Waals surface area contributed by atoms with E-state index in [4.69, 9.17) is 9.47 Å². The lowest BCUT2D eigenvalue weighted by Gasteiger charge is -2.10. The zero-order valence-corrected chi connectivity index (χ0v) is 17.6. The molecule has 0 spiro atoms. The van der Waals surface area contributed by atoms with Gasteiger partial charge in [0.05, 0.1) is 30.3 Å². The summed E-state index contributed by atoms with van der Waals surface area (Å²) in [5.74, 6) is 0.110. The van der Waals surface area contributed by atoms with Crippen LogP contribution in [0.3, 0.4) is 0 Å². The van der Waals surface area contributed by atoms with E-state index < -0.39 is 16.8 Å². The highest BCUT2D eigenvalue weighted by atomic mass is 32.2. The quantitative estimate of drug-likeness (QED) is 0.220. The zero-order chi connectivity index (χ0) is 23.1. The number of nitrogens with zero attached hydrogens (tertiary/aromatic N) is 3. The number of nitro groups is 1. The standard InChI is InChI=1S/C20H16N4O7S/c1-29-16-9-12(3-8-15(16)31-14-6-4-13(5-7-14)24(27)28)11-21-23-20-22-19(26)17(32-20)10-18(25)30-2/h3-11H,1-2H3,(H,22,23,26)/b17-10+,21-11?. The fourth-order valence-electron chi connectivity index (χ4n) is 2.40. The van der Waals surface area contributed by atoms with Crippen molar-refractivity contribution in [1.82, 2.24) is 5.32 Å². The maximum absolute atomic E-state index is 11.8. The largest absolute Gasteiger partial charge is 0.493 e. The molecule has 2 aromatic carbocycles. The Bertz CT molecular complexity index is 1140. The summed E-state index contributed by atoms with van der Waals surface area (Å²) in [5, 5.41) is 21.3. The molecule has 0 aliphatic carbocycles. The average Bonchev–Trinajstić information content (AvgIpc) is 3.13. The van der Waals surface area contributed by atoms with Gasteiger partial charge in [-0.05, 0) is 47.7 Å². The minimum absolute atomic E-state index is 0.0398. The third-order valence-corrected chi connectivity index (χ3v) is 4.82. The van der Waals surface area contributed by atoms with Crippen molar-refractivity contribution in [2.24, 2.45) is 10.2 Å². The van der Waals surface area contributed by atoms with Gasteiger partial charge in [0.1, 0.15) is 5.75 Å². The summed E-state index contributed by atoms with van der Waals surface area (Å²) in [7, 11) is 2.69. The van der Waals surface area contributed by atoms with Gasteiger partial charge in [-0.2, -0.15) is 5.10 Å². The monoisotopic (exact) mass is 456 g/mol. The second-order valence-corrected chi connectivity index (χ2v) is 7.03. The van der Waals surface area contributed by atoms with E-state index in [9.17, 15) is 19.7 Å². The number of thioether (sulfide) groups is 1. The van der Waals surface area contributed by atoms with Gasteiger partial charge < -0.3 is 14.2 Å². The summed E-state index contributed by atoms with van der Waals surface area (Å²) < 4.78 is 15.5. The number of methoxy groups -OCH3 is 2. The van der Waals surface area contributed by atoms with Gasteiger partial charge in [-0.1, -0.05) is 0 Å². The van der Waals surface area contributed by atoms with Crippen LogP contribution >= 0.6 is 11.8 Å². The number of amides is 1. The van der Waals surface area contributed by atoms with Crippen molar-refractivity contribution in [3.63, 3.8) is 0 Å². The minimum atomic E-state index is -0.643. The Morgan fingerprint density at radius 2 is 1.91 bits per heavy atom. The van der Waals surface area contributed by atoms with Crippen molar-refractivity contribution in [3.8, 4) is 17.2 Å². The van der Waals surface area contributed by atoms with Gasteiger partial charge in [-0.3, -0.25) is 20.2 Å². The Morgan fingerprint density at radius 3 is 2.56 bits per heavy atom. The fraction of sp³-hybridized carbons (Fsp3) is 0.100. The molecule has 32 heavy (non-hydrogen) atoms. The first-order valence-corrected chi connectivity index (χ1v) is 9.71. The first-order chi connectivity index (χ1) is 15.4. The molecule has 1 amide bonds. The van der Waals surface area contributed by atoms with Gasteiger partial charge in [0.25, 0.3) is 11.6 Å². The second kappa shape index (κ2) is 10.2. The zero-order valence-electron chi connectivity index (χ0n) is 16.8. The number of amidine groups is 1. The predicted octanol–water partition coefficient (Wildman–Crippen LogP) is 3.01. The van der Waals surface area contributed by atoms with Crippen molar-refractivity contribution >= 4 is 40.7 Å². The van der Waals surface area contributed by atoms with Crippen molar-refractivity contribution in [2.75, 3.05) is 14.2 Å². The van der Waals surface area contributed by atoms with Crippen LogP contribution in [0.4, 0.5) is 5.69 Å². The van der Waals surface area contributed by atoms with Crippen LogP contribution in [0.25, 0.3) is 0 Å². The number of esters is 1. The number of rotatable bonds is 7. The minimum Gasteiger partial charge on any atom is -0.493 e. The molecule has 0 bridgehead atoms. The van der Waals surface area contributed by atoms with E-state index in [-0.39, 0.29) is 15.8 Å². The van der Waals surface area contributed by atoms with Gasteiger partial charge in [0.15, 0.2) is 16.7 Å². The molecule has 3 rings (SSSR count). The molecule has 1 heterocycles. The van der Waals surface area contributed by atoms with E-state index in [0.29, 0.717) is 22.8 Å². The highest BCUT2D eigenvalue weighted by molar-refractivity contribution is 8.18. The van der Waals surface area contributed by atoms with Crippen molar-refractivity contribution < 1.29 is 28.7 Å². The molecule has 164 valence electrons. The summed E-state index contributed by atoms with van der Waals surface area (Å²) in [6.07, 6.45) is 2.51. The van der Waals surface area contributed by atoms with E-state index in [1.807, 2.05) is 0 Å². The Morgan fingerprint density at radius 1 is 1.16 bits per heavy atom. The van der Waals surface area contributed by atoms with Gasteiger partial charge in [0, 0.05) is 18.2 Å². The number of carbonyl (C=O) groups excluding carboxylic acids is 2. The molecule has 1 saturated heterocycles. The number of hydrogen-bond donors (Lipinski definition) is 1. The molecule has 1 aliphatic heterocycles. The SMILES string of the molecule is COC(=O)/C=C1/S/C(=N\N=Cc2ccc(Oc3ccc([N+](=O)[O-])cc3)c(OC)c2)NC1=O. The van der Waals surface area contributed by atoms with Crippen LogP contribution in [0.15, 0.2) is 63.6 Å². The van der Waals surface area contributed by atoms with Crippen LogP contribution in [0, 0.1) is 10.1 Å². The summed E-state index contributed by atoms with van der Waals surface area (Å²) in [4.78, 5) is 33.4. The molecule has 1 fully saturated rings. The Balaban J connectivity index is 1.69. The van der Waals surface area contributed by atoms with Crippen LogP contribution < -0.4 is 14.8 Å². The van der Waals surface area contributed by atoms with Crippen molar-refractivity contribution in [3.05, 3.63) is 69.1 Å². The molecule has 2 aromatic rings. The number of nitro benzene ring substituents is 1. The Kier molecular flexibility index (Phi) is 7.18. The molecule has 0 radical (unpaired) electrons. The van der Waals surface area contributed by atoms with E-state index in [1.165, 1.54) is 44.7 Å². The molecule has 0 aromatic heterocycles. The Hall–Kier alpha value is -4.19. The van der Waals surface area contributed by atoms with Crippen molar-refractivity contribution in [1.29, 1.82) is 0 Å². The molecule has 12 heteroatoms. The normalized spacial score (nSPS) is 15.8. The van der Waals surface area contributed by atoms with E-state index in [1.54, 1.807) is 18.2 Å². The summed E-state index contributed by atoms with van der Waals surface area (Å²) in [6.45, 7) is 0. The van der Waals surface area contributed by atoms with Crippen LogP contribution in [0.1, 0.15) is 5.56 Å². The molecular formula is C20H16N4O7S. The fourth-order valence-corrected chi connectivity index (χ4v) is 3.14. The smallest absolute Gasteiger partial charge is 0.331 e. The first-order valence-electron chi connectivity index (χ1n) is 8.90. The van der Waals surface area contributed by atoms with Crippen LogP contribution in [0.5, 0.6) is 17.2 Å². The lowest BCUT2D eigenvalue weighted by molar-refractivity contribution is -0.384. The predicted molar refractivity (Wildman–Crippen MR) is 117 cm³/mol. The third-order valence-electron chi connectivity index (χ3n) is 3.92. The third kappa shape index (κ3) is 5.70. The molecule has 0 atom stereocenters. The highest BCUT2D eigenvalue weighted by Gasteiger charge is 2.25. The van der Waals surface area contributed by atoms with Gasteiger partial charge in [-0.15, -0.1) is 5.10 Å². The lowest BCUT2D eigenvalue weighted by Crippen LogP contribution is -2.19. The number of carbonyl (C=O) groups is 2. The molecule has 1 aliphatic rings. The second-order valence-electron chi connectivity index (χ2n) is 6.00. The summed E-state index contributed by atoms with van der Waals surface area (Å²) >= 11 is 0.961. The van der Waals surface area contributed by atoms with Crippen LogP contribution in [-0.4, -0.2) is 42.4 Å². The Labute approximate surface area is 185 Å². The van der Waals surface area contributed by atoms with E-state index >= 15 is 0 Å². The maximum Gasteiger partial charge on any atom is 0.331 e. The van der Waals surface area contributed by atoms with Crippen LogP contribution in [0.2, 0.25) is 0 Å². The van der Waals surface area contributed by atoms with Gasteiger partial charge >= 0.3 is 5.97 Å². The van der Waals surface area contributed by atoms with Crippen LogP contribution in [-0.2, 0) is 14.3 Å². The first kappa shape index (κ1) is 22.5. The molecular weight excluding hydrogens is 440 g/mol. The summed E-state index contributed by atoms with van der Waals surface area (Å²) in [6, 6.07) is 10.7. The lowest BCUT2D eigenvalue weighted by atomic mass is 10.2. The maximum atomic E-state index is 11.8. The average molecular weight is 456 g/mol. The van der Waals surface area contributed by atoms with Gasteiger partial charge in [-0.25, -0.2) is 4.79 Å². The highest BCUT2D eigenvalue weighted by Crippen LogP contribution is 2.32. The van der Waals surface area contributed by atoms with E-state index in [0.717, 1.165) is 17.8 Å². The van der Waals surface area contributed by atoms with Crippen molar-refractivity contribution in [2.45, 2.75) is 0 Å². The number of non-ortho nitro benzene ring substituents is 1. The molecule has 0 saturated carbocycles.